The van der Waals surface area contributed by atoms with Gasteiger partial charge in [-0.25, -0.2) is 9.78 Å². The van der Waals surface area contributed by atoms with E-state index in [-0.39, 0.29) is 23.1 Å². The lowest BCUT2D eigenvalue weighted by Gasteiger charge is -2.36. The van der Waals surface area contributed by atoms with E-state index in [9.17, 15) is 24.9 Å². The molecular formula is C20H25N5O5. The van der Waals surface area contributed by atoms with Crippen molar-refractivity contribution in [3.8, 4) is 11.5 Å². The van der Waals surface area contributed by atoms with Gasteiger partial charge in [-0.1, -0.05) is 0 Å². The molecule has 0 amide bonds. The van der Waals surface area contributed by atoms with Crippen LogP contribution in [0.2, 0.25) is 0 Å². The molecule has 160 valence electrons. The fraction of sp³-hybridized carbons (Fsp3) is 0.450. The van der Waals surface area contributed by atoms with E-state index < -0.39 is 11.8 Å². The van der Waals surface area contributed by atoms with Gasteiger partial charge in [-0.05, 0) is 25.0 Å². The van der Waals surface area contributed by atoms with Gasteiger partial charge in [0.25, 0.3) is 5.56 Å². The van der Waals surface area contributed by atoms with E-state index in [0.29, 0.717) is 48.3 Å². The molecule has 10 heteroatoms. The third kappa shape index (κ3) is 3.17. The summed E-state index contributed by atoms with van der Waals surface area (Å²) >= 11 is 0. The number of aliphatic hydroxyl groups is 1. The molecule has 30 heavy (non-hydrogen) atoms. The molecule has 2 unspecified atom stereocenters. The summed E-state index contributed by atoms with van der Waals surface area (Å²) in [7, 11) is 3.03. The van der Waals surface area contributed by atoms with Gasteiger partial charge >= 0.3 is 5.69 Å². The Morgan fingerprint density at radius 3 is 2.67 bits per heavy atom. The van der Waals surface area contributed by atoms with E-state index in [2.05, 4.69) is 9.88 Å². The van der Waals surface area contributed by atoms with E-state index in [1.54, 1.807) is 17.9 Å². The summed E-state index contributed by atoms with van der Waals surface area (Å²) in [5.74, 6) is -0.110. The quantitative estimate of drug-likeness (QED) is 0.555. The Balaban J connectivity index is 1.55. The van der Waals surface area contributed by atoms with Crippen LogP contribution in [0.5, 0.6) is 11.5 Å². The van der Waals surface area contributed by atoms with Crippen LogP contribution in [-0.4, -0.2) is 51.5 Å². The zero-order valence-corrected chi connectivity index (χ0v) is 17.1. The Hall–Kier alpha value is -3.11. The minimum Gasteiger partial charge on any atom is -0.508 e. The molecule has 2 aromatic heterocycles. The first-order valence-corrected chi connectivity index (χ1v) is 9.76. The molecular weight excluding hydrogens is 390 g/mol. The van der Waals surface area contributed by atoms with Crippen LogP contribution < -0.4 is 11.2 Å². The molecule has 2 atom stereocenters. The van der Waals surface area contributed by atoms with Crippen LogP contribution in [-0.2, 0) is 27.2 Å². The molecule has 1 aliphatic rings. The van der Waals surface area contributed by atoms with Crippen LogP contribution in [0.15, 0.2) is 28.0 Å². The Kier molecular flexibility index (Phi) is 4.91. The number of rotatable bonds is 4. The Morgan fingerprint density at radius 2 is 1.93 bits per heavy atom. The van der Waals surface area contributed by atoms with Crippen LogP contribution >= 0.6 is 0 Å². The maximum Gasteiger partial charge on any atom is 0.332 e. The molecule has 1 aromatic carbocycles. The fourth-order valence-corrected chi connectivity index (χ4v) is 4.13. The Bertz CT molecular complexity index is 1240. The molecule has 0 radical (unpaired) electrons. The second-order valence-corrected chi connectivity index (χ2v) is 7.93. The molecule has 0 spiro atoms. The van der Waals surface area contributed by atoms with Crippen molar-refractivity contribution in [2.45, 2.75) is 38.6 Å². The summed E-state index contributed by atoms with van der Waals surface area (Å²) in [6, 6.07) is 2.80. The summed E-state index contributed by atoms with van der Waals surface area (Å²) < 4.78 is 4.17. The highest BCUT2D eigenvalue weighted by atomic mass is 16.3. The highest BCUT2D eigenvalue weighted by Crippen LogP contribution is 2.36. The van der Waals surface area contributed by atoms with Crippen molar-refractivity contribution >= 4 is 11.2 Å². The molecule has 1 aliphatic heterocycles. The number of hydrogen-bond acceptors (Lipinski definition) is 7. The topological polar surface area (TPSA) is 126 Å². The molecule has 10 nitrogen and oxygen atoms in total. The number of benzene rings is 1. The zero-order valence-electron chi connectivity index (χ0n) is 17.1. The van der Waals surface area contributed by atoms with Gasteiger partial charge in [-0.2, -0.15) is 0 Å². The summed E-state index contributed by atoms with van der Waals surface area (Å²) in [6.07, 6.45) is 1.41. The molecule has 0 saturated carbocycles. The van der Waals surface area contributed by atoms with Crippen LogP contribution in [0.3, 0.4) is 0 Å². The van der Waals surface area contributed by atoms with E-state index >= 15 is 0 Å². The largest absolute Gasteiger partial charge is 0.508 e. The maximum absolute atomic E-state index is 12.6. The van der Waals surface area contributed by atoms with Gasteiger partial charge < -0.3 is 19.9 Å². The SMILES string of the molecule is CC(CCn1cnc2c1c(=O)n(C)c(=O)n2C)N1Cc2c(O)cc(O)cc2C(O)C1. The van der Waals surface area contributed by atoms with Crippen molar-refractivity contribution in [2.75, 3.05) is 6.54 Å². The summed E-state index contributed by atoms with van der Waals surface area (Å²) in [5, 5.41) is 30.3. The van der Waals surface area contributed by atoms with Gasteiger partial charge in [0.2, 0.25) is 0 Å². The number of fused-ring (bicyclic) bond motifs is 2. The molecule has 0 fully saturated rings. The van der Waals surface area contributed by atoms with E-state index in [0.717, 1.165) is 4.57 Å². The molecule has 0 aliphatic carbocycles. The predicted octanol–water partition coefficient (Wildman–Crippen LogP) is 0.173. The van der Waals surface area contributed by atoms with E-state index in [4.69, 9.17) is 0 Å². The molecule has 0 saturated heterocycles. The van der Waals surface area contributed by atoms with Gasteiger partial charge in [-0.15, -0.1) is 0 Å². The maximum atomic E-state index is 12.6. The normalized spacial score (nSPS) is 17.9. The first-order valence-electron chi connectivity index (χ1n) is 9.76. The molecule has 3 N–H and O–H groups in total. The number of β-amino-alcohol motifs (C(OH)–C–C–N with tert-alkyl or cyclic N) is 1. The third-order valence-electron chi connectivity index (χ3n) is 6.00. The highest BCUT2D eigenvalue weighted by Gasteiger charge is 2.29. The van der Waals surface area contributed by atoms with Crippen molar-refractivity contribution in [3.63, 3.8) is 0 Å². The number of aromatic hydroxyl groups is 2. The first-order chi connectivity index (χ1) is 14.2. The van der Waals surface area contributed by atoms with Gasteiger partial charge in [0, 0.05) is 51.4 Å². The Labute approximate surface area is 171 Å². The average molecular weight is 415 g/mol. The van der Waals surface area contributed by atoms with Gasteiger partial charge in [0.15, 0.2) is 11.2 Å². The zero-order chi connectivity index (χ0) is 21.7. The van der Waals surface area contributed by atoms with Crippen LogP contribution in [0, 0.1) is 0 Å². The highest BCUT2D eigenvalue weighted by molar-refractivity contribution is 5.69. The average Bonchev–Trinajstić information content (AvgIpc) is 3.13. The summed E-state index contributed by atoms with van der Waals surface area (Å²) in [4.78, 5) is 30.9. The minimum absolute atomic E-state index is 0.0361. The number of hydrogen-bond donors (Lipinski definition) is 3. The third-order valence-corrected chi connectivity index (χ3v) is 6.00. The number of phenolic OH excluding ortho intramolecular Hbond substituents is 2. The predicted molar refractivity (Wildman–Crippen MR) is 109 cm³/mol. The van der Waals surface area contributed by atoms with Gasteiger partial charge in [0.05, 0.1) is 12.4 Å². The monoisotopic (exact) mass is 415 g/mol. The van der Waals surface area contributed by atoms with Crippen LogP contribution in [0.1, 0.15) is 30.6 Å². The van der Waals surface area contributed by atoms with Crippen molar-refractivity contribution in [2.24, 2.45) is 14.1 Å². The first kappa shape index (κ1) is 20.2. The van der Waals surface area contributed by atoms with Crippen molar-refractivity contribution < 1.29 is 15.3 Å². The smallest absolute Gasteiger partial charge is 0.332 e. The summed E-state index contributed by atoms with van der Waals surface area (Å²) in [6.45, 7) is 3.34. The van der Waals surface area contributed by atoms with E-state index in [1.807, 2.05) is 6.92 Å². The van der Waals surface area contributed by atoms with Crippen molar-refractivity contribution in [1.82, 2.24) is 23.6 Å². The van der Waals surface area contributed by atoms with Crippen molar-refractivity contribution in [1.29, 1.82) is 0 Å². The summed E-state index contributed by atoms with van der Waals surface area (Å²) in [5.41, 5.74) is 1.08. The second-order valence-electron chi connectivity index (χ2n) is 7.93. The number of aromatic nitrogens is 4. The standard InChI is InChI=1S/C20H25N5O5/c1-11(25-8-14-13(16(28)9-25)6-12(26)7-15(14)27)4-5-24-10-21-18-17(24)19(29)23(3)20(30)22(18)2/h6-7,10-11,16,26-28H,4-5,8-9H2,1-3H3. The van der Waals surface area contributed by atoms with Gasteiger partial charge in [-0.3, -0.25) is 18.8 Å². The molecule has 4 rings (SSSR count). The number of nitrogens with zero attached hydrogens (tertiary/aromatic N) is 5. The van der Waals surface area contributed by atoms with E-state index in [1.165, 1.54) is 23.7 Å². The van der Waals surface area contributed by atoms with Crippen LogP contribution in [0.25, 0.3) is 11.2 Å². The number of aliphatic hydroxyl groups excluding tert-OH is 1. The Morgan fingerprint density at radius 1 is 1.20 bits per heavy atom. The van der Waals surface area contributed by atoms with Gasteiger partial charge in [0.1, 0.15) is 11.5 Å². The minimum atomic E-state index is -0.815. The lowest BCUT2D eigenvalue weighted by Crippen LogP contribution is -2.40. The lowest BCUT2D eigenvalue weighted by molar-refractivity contribution is 0.0647. The fourth-order valence-electron chi connectivity index (χ4n) is 4.13. The molecule has 0 bridgehead atoms. The molecule has 3 aromatic rings. The van der Waals surface area contributed by atoms with Crippen LogP contribution in [0.4, 0.5) is 0 Å². The number of imidazole rings is 1. The second kappa shape index (κ2) is 7.29. The van der Waals surface area contributed by atoms with Crippen molar-refractivity contribution in [3.05, 3.63) is 50.4 Å². The molecule has 3 heterocycles. The lowest BCUT2D eigenvalue weighted by atomic mass is 9.94. The number of phenols is 2. The number of aryl methyl sites for hydroxylation is 2.